The molecule has 0 N–H and O–H groups in total. The third-order valence-electron chi connectivity index (χ3n) is 4.25. The summed E-state index contributed by atoms with van der Waals surface area (Å²) >= 11 is 0. The lowest BCUT2D eigenvalue weighted by molar-refractivity contribution is 0.0833. The minimum atomic E-state index is 0.0679. The van der Waals surface area contributed by atoms with Crippen LogP contribution in [0, 0.1) is 5.92 Å². The molecule has 3 nitrogen and oxygen atoms in total. The average Bonchev–Trinajstić information content (AvgIpc) is 2.47. The van der Waals surface area contributed by atoms with E-state index in [1.54, 1.807) is 0 Å². The van der Waals surface area contributed by atoms with Crippen LogP contribution < -0.4 is 0 Å². The topological polar surface area (TPSA) is 23.6 Å². The van der Waals surface area contributed by atoms with Crippen molar-refractivity contribution in [1.29, 1.82) is 0 Å². The number of carbonyl (C=O) groups is 1. The minimum absolute atomic E-state index is 0.0679. The molecule has 0 aromatic heterocycles. The highest BCUT2D eigenvalue weighted by molar-refractivity contribution is 5.97. The molecule has 0 amide bonds. The monoisotopic (exact) mass is 274 g/mol. The maximum atomic E-state index is 12.4. The van der Waals surface area contributed by atoms with E-state index in [-0.39, 0.29) is 11.7 Å². The Bertz CT molecular complexity index is 430. The molecule has 2 unspecified atom stereocenters. The van der Waals surface area contributed by atoms with Gasteiger partial charge in [-0.1, -0.05) is 37.3 Å². The van der Waals surface area contributed by atoms with Crippen molar-refractivity contribution in [3.05, 3.63) is 35.9 Å². The lowest BCUT2D eigenvalue weighted by Gasteiger charge is -2.37. The van der Waals surface area contributed by atoms with Crippen LogP contribution in [0.25, 0.3) is 0 Å². The molecule has 20 heavy (non-hydrogen) atoms. The van der Waals surface area contributed by atoms with Gasteiger partial charge in [-0.2, -0.15) is 0 Å². The summed E-state index contributed by atoms with van der Waals surface area (Å²) in [5.74, 6) is 0.330. The Kier molecular flexibility index (Phi) is 5.32. The molecule has 2 rings (SSSR count). The zero-order valence-electron chi connectivity index (χ0n) is 12.9. The molecule has 3 heteroatoms. The van der Waals surface area contributed by atoms with Crippen molar-refractivity contribution in [2.75, 3.05) is 33.7 Å². The normalized spacial score (nSPS) is 21.9. The first-order valence-corrected chi connectivity index (χ1v) is 7.56. The molecule has 1 fully saturated rings. The van der Waals surface area contributed by atoms with Gasteiger partial charge < -0.3 is 9.80 Å². The van der Waals surface area contributed by atoms with Gasteiger partial charge in [0.15, 0.2) is 5.78 Å². The summed E-state index contributed by atoms with van der Waals surface area (Å²) < 4.78 is 0. The fourth-order valence-electron chi connectivity index (χ4n) is 2.98. The van der Waals surface area contributed by atoms with Gasteiger partial charge >= 0.3 is 0 Å². The predicted octanol–water partition coefficient (Wildman–Crippen LogP) is 2.53. The molecule has 0 saturated carbocycles. The third kappa shape index (κ3) is 3.90. The molecular weight excluding hydrogens is 248 g/mol. The molecule has 1 saturated heterocycles. The highest BCUT2D eigenvalue weighted by Gasteiger charge is 2.24. The van der Waals surface area contributed by atoms with Crippen LogP contribution in [-0.2, 0) is 0 Å². The number of ketones is 1. The number of Topliss-reactive ketones (excluding diaryl/α,β-unsaturated/α-hetero) is 1. The molecule has 0 spiro atoms. The van der Waals surface area contributed by atoms with Gasteiger partial charge in [0.05, 0.1) is 0 Å². The number of carbonyl (C=O) groups excluding carboxylic acids is 1. The Hall–Kier alpha value is -1.19. The van der Waals surface area contributed by atoms with Crippen molar-refractivity contribution in [1.82, 2.24) is 9.80 Å². The van der Waals surface area contributed by atoms with E-state index in [0.717, 1.165) is 25.2 Å². The summed E-state index contributed by atoms with van der Waals surface area (Å²) in [4.78, 5) is 17.1. The maximum Gasteiger partial charge on any atom is 0.166 e. The van der Waals surface area contributed by atoms with Crippen molar-refractivity contribution < 1.29 is 4.79 Å². The summed E-state index contributed by atoms with van der Waals surface area (Å²) in [5.41, 5.74) is 0.834. The van der Waals surface area contributed by atoms with E-state index in [2.05, 4.69) is 30.8 Å². The van der Waals surface area contributed by atoms with Crippen molar-refractivity contribution >= 4 is 5.78 Å². The predicted molar refractivity (Wildman–Crippen MR) is 83.1 cm³/mol. The Morgan fingerprint density at radius 3 is 2.70 bits per heavy atom. The Morgan fingerprint density at radius 1 is 1.35 bits per heavy atom. The van der Waals surface area contributed by atoms with E-state index in [4.69, 9.17) is 0 Å². The van der Waals surface area contributed by atoms with Crippen LogP contribution >= 0.6 is 0 Å². The van der Waals surface area contributed by atoms with E-state index < -0.39 is 0 Å². The zero-order valence-corrected chi connectivity index (χ0v) is 12.9. The second-order valence-corrected chi connectivity index (χ2v) is 6.15. The fourth-order valence-corrected chi connectivity index (χ4v) is 2.98. The lowest BCUT2D eigenvalue weighted by Crippen LogP contribution is -2.47. The number of rotatable bonds is 5. The maximum absolute atomic E-state index is 12.4. The van der Waals surface area contributed by atoms with Crippen molar-refractivity contribution in [2.45, 2.75) is 25.8 Å². The lowest BCUT2D eigenvalue weighted by atomic mass is 9.97. The highest BCUT2D eigenvalue weighted by Crippen LogP contribution is 2.17. The SMILES string of the molecule is CC(CN1CCCC(N(C)C)C1)C(=O)c1ccccc1. The van der Waals surface area contributed by atoms with E-state index in [1.165, 1.54) is 12.8 Å². The van der Waals surface area contributed by atoms with E-state index in [9.17, 15) is 4.79 Å². The number of likely N-dealkylation sites (tertiary alicyclic amines) is 1. The largest absolute Gasteiger partial charge is 0.305 e. The first-order chi connectivity index (χ1) is 9.58. The Morgan fingerprint density at radius 2 is 2.05 bits per heavy atom. The molecule has 1 aromatic carbocycles. The Labute approximate surface area is 122 Å². The van der Waals surface area contributed by atoms with Crippen LogP contribution in [0.4, 0.5) is 0 Å². The van der Waals surface area contributed by atoms with Gasteiger partial charge in [0.25, 0.3) is 0 Å². The second-order valence-electron chi connectivity index (χ2n) is 6.15. The number of likely N-dealkylation sites (N-methyl/N-ethyl adjacent to an activating group) is 1. The molecule has 0 radical (unpaired) electrons. The summed E-state index contributed by atoms with van der Waals surface area (Å²) in [5, 5.41) is 0. The van der Waals surface area contributed by atoms with Gasteiger partial charge in [0, 0.05) is 30.6 Å². The van der Waals surface area contributed by atoms with Crippen molar-refractivity contribution in [2.24, 2.45) is 5.92 Å². The smallest absolute Gasteiger partial charge is 0.166 e. The molecule has 1 aliphatic heterocycles. The van der Waals surface area contributed by atoms with E-state index in [0.29, 0.717) is 6.04 Å². The molecule has 1 heterocycles. The second kappa shape index (κ2) is 7.00. The Balaban J connectivity index is 1.91. The van der Waals surface area contributed by atoms with Crippen LogP contribution in [0.5, 0.6) is 0 Å². The molecular formula is C17H26N2O. The number of hydrogen-bond acceptors (Lipinski definition) is 3. The van der Waals surface area contributed by atoms with Crippen LogP contribution in [0.3, 0.4) is 0 Å². The fraction of sp³-hybridized carbons (Fsp3) is 0.588. The molecule has 1 aromatic rings. The average molecular weight is 274 g/mol. The van der Waals surface area contributed by atoms with Crippen molar-refractivity contribution in [3.8, 4) is 0 Å². The standard InChI is InChI=1S/C17H26N2O/c1-14(17(20)15-8-5-4-6-9-15)12-19-11-7-10-16(13-19)18(2)3/h4-6,8-9,14,16H,7,10-13H2,1-3H3. The van der Waals surface area contributed by atoms with Crippen LogP contribution in [0.1, 0.15) is 30.1 Å². The van der Waals surface area contributed by atoms with E-state index >= 15 is 0 Å². The van der Waals surface area contributed by atoms with Crippen LogP contribution in [0.2, 0.25) is 0 Å². The first-order valence-electron chi connectivity index (χ1n) is 7.56. The summed E-state index contributed by atoms with van der Waals surface area (Å²) in [6.45, 7) is 5.13. The molecule has 1 aliphatic rings. The zero-order chi connectivity index (χ0) is 14.5. The van der Waals surface area contributed by atoms with Gasteiger partial charge in [-0.3, -0.25) is 4.79 Å². The number of piperidine rings is 1. The third-order valence-corrected chi connectivity index (χ3v) is 4.25. The number of nitrogens with zero attached hydrogens (tertiary/aromatic N) is 2. The molecule has 0 aliphatic carbocycles. The van der Waals surface area contributed by atoms with Gasteiger partial charge in [-0.15, -0.1) is 0 Å². The number of hydrogen-bond donors (Lipinski definition) is 0. The highest BCUT2D eigenvalue weighted by atomic mass is 16.1. The van der Waals surface area contributed by atoms with Crippen LogP contribution in [-0.4, -0.2) is 55.4 Å². The summed E-state index contributed by atoms with van der Waals surface area (Å²) in [7, 11) is 4.29. The van der Waals surface area contributed by atoms with E-state index in [1.807, 2.05) is 30.3 Å². The van der Waals surface area contributed by atoms with Gasteiger partial charge in [0.1, 0.15) is 0 Å². The number of benzene rings is 1. The van der Waals surface area contributed by atoms with Gasteiger partial charge in [-0.25, -0.2) is 0 Å². The summed E-state index contributed by atoms with van der Waals surface area (Å²) in [6, 6.07) is 10.3. The molecule has 2 atom stereocenters. The van der Waals surface area contributed by atoms with Gasteiger partial charge in [-0.05, 0) is 33.5 Å². The minimum Gasteiger partial charge on any atom is -0.305 e. The van der Waals surface area contributed by atoms with Crippen LogP contribution in [0.15, 0.2) is 30.3 Å². The molecule has 0 bridgehead atoms. The first kappa shape index (κ1) is 15.2. The molecule has 110 valence electrons. The van der Waals surface area contributed by atoms with Gasteiger partial charge in [0.2, 0.25) is 0 Å². The van der Waals surface area contributed by atoms with Crippen molar-refractivity contribution in [3.63, 3.8) is 0 Å². The summed E-state index contributed by atoms with van der Waals surface area (Å²) in [6.07, 6.45) is 2.50. The quantitative estimate of drug-likeness (QED) is 0.771.